The van der Waals surface area contributed by atoms with Gasteiger partial charge in [-0.1, -0.05) is 6.07 Å². The predicted octanol–water partition coefficient (Wildman–Crippen LogP) is 2.35. The highest BCUT2D eigenvalue weighted by Crippen LogP contribution is 2.31. The van der Waals surface area contributed by atoms with Crippen LogP contribution >= 0.6 is 11.3 Å². The van der Waals surface area contributed by atoms with Gasteiger partial charge in [0.25, 0.3) is 5.91 Å². The summed E-state index contributed by atoms with van der Waals surface area (Å²) >= 11 is 1.33. The summed E-state index contributed by atoms with van der Waals surface area (Å²) in [5.41, 5.74) is 0.226. The van der Waals surface area contributed by atoms with Gasteiger partial charge in [0.15, 0.2) is 0 Å². The molecule has 2 N–H and O–H groups in total. The number of aromatic amines is 1. The van der Waals surface area contributed by atoms with Gasteiger partial charge in [-0.25, -0.2) is 9.78 Å². The Morgan fingerprint density at radius 1 is 1.38 bits per heavy atom. The first-order valence-electron chi connectivity index (χ1n) is 7.54. The minimum absolute atomic E-state index is 0.0606. The summed E-state index contributed by atoms with van der Waals surface area (Å²) in [5.74, 6) is -0.0753. The Kier molecular flexibility index (Phi) is 3.53. The molecule has 24 heavy (non-hydrogen) atoms. The third-order valence-corrected chi connectivity index (χ3v) is 5.39. The lowest BCUT2D eigenvalue weighted by molar-refractivity contribution is 0.0698. The van der Waals surface area contributed by atoms with Crippen molar-refractivity contribution in [2.24, 2.45) is 0 Å². The van der Waals surface area contributed by atoms with Crippen LogP contribution < -0.4 is 0 Å². The first kappa shape index (κ1) is 14.8. The topological polar surface area (TPSA) is 99.2 Å². The van der Waals surface area contributed by atoms with Gasteiger partial charge in [0, 0.05) is 29.1 Å². The number of benzene rings is 1. The van der Waals surface area contributed by atoms with Crippen molar-refractivity contribution in [1.82, 2.24) is 20.1 Å². The fraction of sp³-hybridized carbons (Fsp3) is 0.250. The average Bonchev–Trinajstić information content (AvgIpc) is 3.31. The standard InChI is InChI=1S/C16H14N4O3S/c21-15(20-5-4-9(7-20)14-17-8-18-19-14)13-6-11-10(16(22)23)2-1-3-12(11)24-13/h1-3,6,8-9H,4-5,7H2,(H,22,23)(H,17,18,19). The van der Waals surface area contributed by atoms with Crippen molar-refractivity contribution in [3.63, 3.8) is 0 Å². The van der Waals surface area contributed by atoms with Crippen molar-refractivity contribution in [3.05, 3.63) is 46.9 Å². The molecule has 1 fully saturated rings. The summed E-state index contributed by atoms with van der Waals surface area (Å²) in [7, 11) is 0. The Morgan fingerprint density at radius 3 is 3.00 bits per heavy atom. The zero-order chi connectivity index (χ0) is 16.7. The second kappa shape index (κ2) is 5.72. The fourth-order valence-corrected chi connectivity index (χ4v) is 4.14. The Labute approximate surface area is 140 Å². The number of aromatic nitrogens is 3. The van der Waals surface area contributed by atoms with Crippen LogP contribution in [-0.4, -0.2) is 50.2 Å². The van der Waals surface area contributed by atoms with E-state index in [1.807, 2.05) is 6.07 Å². The number of carbonyl (C=O) groups excluding carboxylic acids is 1. The molecule has 0 spiro atoms. The van der Waals surface area contributed by atoms with E-state index in [4.69, 9.17) is 0 Å². The number of carbonyl (C=O) groups is 2. The summed E-state index contributed by atoms with van der Waals surface area (Å²) < 4.78 is 0.809. The van der Waals surface area contributed by atoms with Gasteiger partial charge < -0.3 is 10.0 Å². The third kappa shape index (κ3) is 2.44. The van der Waals surface area contributed by atoms with Crippen molar-refractivity contribution in [3.8, 4) is 0 Å². The van der Waals surface area contributed by atoms with E-state index < -0.39 is 5.97 Å². The van der Waals surface area contributed by atoms with Gasteiger partial charge in [-0.3, -0.25) is 9.89 Å². The van der Waals surface area contributed by atoms with E-state index in [-0.39, 0.29) is 17.4 Å². The van der Waals surface area contributed by atoms with E-state index in [2.05, 4.69) is 15.2 Å². The number of aromatic carboxylic acids is 1. The molecule has 122 valence electrons. The van der Waals surface area contributed by atoms with Gasteiger partial charge in [-0.05, 0) is 24.6 Å². The Hall–Kier alpha value is -2.74. The minimum Gasteiger partial charge on any atom is -0.478 e. The number of likely N-dealkylation sites (tertiary alicyclic amines) is 1. The van der Waals surface area contributed by atoms with Crippen molar-refractivity contribution < 1.29 is 14.7 Å². The zero-order valence-electron chi connectivity index (χ0n) is 12.6. The molecule has 2 aromatic heterocycles. The van der Waals surface area contributed by atoms with Crippen LogP contribution in [0.3, 0.4) is 0 Å². The van der Waals surface area contributed by atoms with Crippen molar-refractivity contribution >= 4 is 33.3 Å². The largest absolute Gasteiger partial charge is 0.478 e. The lowest BCUT2D eigenvalue weighted by Gasteiger charge is -2.14. The molecule has 1 aliphatic rings. The number of hydrogen-bond donors (Lipinski definition) is 2. The van der Waals surface area contributed by atoms with E-state index in [0.717, 1.165) is 16.9 Å². The van der Waals surface area contributed by atoms with Crippen LogP contribution in [-0.2, 0) is 0 Å². The first-order chi connectivity index (χ1) is 11.6. The summed E-state index contributed by atoms with van der Waals surface area (Å²) in [6, 6.07) is 6.78. The molecule has 1 saturated heterocycles. The van der Waals surface area contributed by atoms with Gasteiger partial charge in [-0.15, -0.1) is 11.3 Å². The molecule has 0 saturated carbocycles. The molecule has 1 aliphatic heterocycles. The number of carboxylic acids is 1. The molecule has 8 heteroatoms. The normalized spacial score (nSPS) is 17.5. The van der Waals surface area contributed by atoms with Crippen LogP contribution in [0.5, 0.6) is 0 Å². The number of hydrogen-bond acceptors (Lipinski definition) is 5. The second-order valence-electron chi connectivity index (χ2n) is 5.74. The molecule has 0 radical (unpaired) electrons. The molecule has 4 rings (SSSR count). The number of thiophene rings is 1. The molecule has 1 aromatic carbocycles. The maximum atomic E-state index is 12.8. The van der Waals surface area contributed by atoms with Crippen LogP contribution in [0.4, 0.5) is 0 Å². The van der Waals surface area contributed by atoms with Crippen molar-refractivity contribution in [1.29, 1.82) is 0 Å². The third-order valence-electron chi connectivity index (χ3n) is 4.30. The van der Waals surface area contributed by atoms with E-state index in [0.29, 0.717) is 23.4 Å². The maximum absolute atomic E-state index is 12.8. The lowest BCUT2D eigenvalue weighted by atomic mass is 10.1. The van der Waals surface area contributed by atoms with Crippen molar-refractivity contribution in [2.75, 3.05) is 13.1 Å². The molecule has 1 unspecified atom stereocenters. The highest BCUT2D eigenvalue weighted by atomic mass is 32.1. The van der Waals surface area contributed by atoms with Crippen LogP contribution in [0.15, 0.2) is 30.6 Å². The molecular weight excluding hydrogens is 328 g/mol. The highest BCUT2D eigenvalue weighted by molar-refractivity contribution is 7.20. The van der Waals surface area contributed by atoms with Gasteiger partial charge in [0.2, 0.25) is 0 Å². The van der Waals surface area contributed by atoms with E-state index in [1.165, 1.54) is 17.7 Å². The molecule has 1 amide bonds. The molecule has 7 nitrogen and oxygen atoms in total. The van der Waals surface area contributed by atoms with Gasteiger partial charge in [0.1, 0.15) is 12.2 Å². The minimum atomic E-state index is -0.982. The number of fused-ring (bicyclic) bond motifs is 1. The van der Waals surface area contributed by atoms with Crippen LogP contribution in [0.1, 0.15) is 38.2 Å². The van der Waals surface area contributed by atoms with Crippen molar-refractivity contribution in [2.45, 2.75) is 12.3 Å². The van der Waals surface area contributed by atoms with Gasteiger partial charge in [0.05, 0.1) is 10.4 Å². The summed E-state index contributed by atoms with van der Waals surface area (Å²) in [5, 5.41) is 16.6. The Balaban J connectivity index is 1.60. The summed E-state index contributed by atoms with van der Waals surface area (Å²) in [6.07, 6.45) is 2.31. The molecule has 3 heterocycles. The van der Waals surface area contributed by atoms with E-state index in [9.17, 15) is 14.7 Å². The Bertz CT molecular complexity index is 919. The molecule has 0 aliphatic carbocycles. The van der Waals surface area contributed by atoms with Crippen LogP contribution in [0.25, 0.3) is 10.1 Å². The smallest absolute Gasteiger partial charge is 0.336 e. The monoisotopic (exact) mass is 342 g/mol. The number of nitrogens with one attached hydrogen (secondary N) is 1. The molecule has 1 atom stereocenters. The van der Waals surface area contributed by atoms with Crippen LogP contribution in [0.2, 0.25) is 0 Å². The number of H-pyrrole nitrogens is 1. The average molecular weight is 342 g/mol. The first-order valence-corrected chi connectivity index (χ1v) is 8.35. The number of amides is 1. The highest BCUT2D eigenvalue weighted by Gasteiger charge is 2.30. The second-order valence-corrected chi connectivity index (χ2v) is 6.82. The molecular formula is C16H14N4O3S. The number of carboxylic acid groups (broad SMARTS) is 1. The zero-order valence-corrected chi connectivity index (χ0v) is 13.4. The Morgan fingerprint density at radius 2 is 2.25 bits per heavy atom. The maximum Gasteiger partial charge on any atom is 0.336 e. The number of nitrogens with zero attached hydrogens (tertiary/aromatic N) is 3. The van der Waals surface area contributed by atoms with E-state index >= 15 is 0 Å². The SMILES string of the molecule is O=C(O)c1cccc2sc(C(=O)N3CCC(c4ncn[nH]4)C3)cc12. The molecule has 3 aromatic rings. The quantitative estimate of drug-likeness (QED) is 0.761. The van der Waals surface area contributed by atoms with Gasteiger partial charge >= 0.3 is 5.97 Å². The van der Waals surface area contributed by atoms with E-state index in [1.54, 1.807) is 23.1 Å². The van der Waals surface area contributed by atoms with Gasteiger partial charge in [-0.2, -0.15) is 5.10 Å². The van der Waals surface area contributed by atoms with Crippen LogP contribution in [0, 0.1) is 0 Å². The number of rotatable bonds is 3. The summed E-state index contributed by atoms with van der Waals surface area (Å²) in [6.45, 7) is 1.25. The lowest BCUT2D eigenvalue weighted by Crippen LogP contribution is -2.27. The fourth-order valence-electron chi connectivity index (χ4n) is 3.09. The summed E-state index contributed by atoms with van der Waals surface area (Å²) in [4.78, 5) is 30.6. The predicted molar refractivity (Wildman–Crippen MR) is 88.4 cm³/mol. The molecule has 0 bridgehead atoms.